The smallest absolute Gasteiger partial charge is 0.279 e. The van der Waals surface area contributed by atoms with E-state index in [9.17, 15) is 4.79 Å². The van der Waals surface area contributed by atoms with Crippen molar-refractivity contribution in [2.24, 2.45) is 0 Å². The van der Waals surface area contributed by atoms with Crippen LogP contribution >= 0.6 is 15.9 Å². The maximum Gasteiger partial charge on any atom is 0.279 e. The predicted molar refractivity (Wildman–Crippen MR) is 120 cm³/mol. The van der Waals surface area contributed by atoms with Crippen molar-refractivity contribution in [2.45, 2.75) is 0 Å². The van der Waals surface area contributed by atoms with Gasteiger partial charge in [0.15, 0.2) is 5.69 Å². The van der Waals surface area contributed by atoms with Crippen LogP contribution in [0.15, 0.2) is 86.6 Å². The minimum atomic E-state index is -0.251. The molecule has 0 bridgehead atoms. The lowest BCUT2D eigenvalue weighted by atomic mass is 10.1. The molecule has 0 fully saturated rings. The van der Waals surface area contributed by atoms with Gasteiger partial charge in [-0.15, -0.1) is 0 Å². The summed E-state index contributed by atoms with van der Waals surface area (Å²) >= 11 is 3.45. The van der Waals surface area contributed by atoms with Crippen LogP contribution in [0.25, 0.3) is 39.4 Å². The van der Waals surface area contributed by atoms with E-state index in [0.717, 1.165) is 10.0 Å². The number of methoxy groups -OCH3 is 1. The van der Waals surface area contributed by atoms with Crippen LogP contribution in [0.2, 0.25) is 0 Å². The van der Waals surface area contributed by atoms with Crippen molar-refractivity contribution >= 4 is 26.7 Å². The van der Waals surface area contributed by atoms with Crippen LogP contribution in [-0.4, -0.2) is 27.0 Å². The lowest BCUT2D eigenvalue weighted by Crippen LogP contribution is -2.22. The Labute approximate surface area is 185 Å². The van der Waals surface area contributed by atoms with E-state index in [0.29, 0.717) is 33.7 Å². The van der Waals surface area contributed by atoms with Crippen LogP contribution in [0.3, 0.4) is 0 Å². The molecule has 0 spiro atoms. The Morgan fingerprint density at radius 3 is 2.58 bits per heavy atom. The van der Waals surface area contributed by atoms with Gasteiger partial charge in [-0.2, -0.15) is 14.8 Å². The van der Waals surface area contributed by atoms with E-state index < -0.39 is 0 Å². The largest absolute Gasteiger partial charge is 0.497 e. The lowest BCUT2D eigenvalue weighted by molar-refractivity contribution is 0.414. The maximum absolute atomic E-state index is 13.2. The van der Waals surface area contributed by atoms with Crippen LogP contribution < -0.4 is 10.3 Å². The maximum atomic E-state index is 13.2. The van der Waals surface area contributed by atoms with Gasteiger partial charge in [-0.05, 0) is 30.3 Å². The third kappa shape index (κ3) is 3.51. The molecule has 8 heteroatoms. The Hall–Kier alpha value is -3.78. The summed E-state index contributed by atoms with van der Waals surface area (Å²) in [5.74, 6) is 1.28. The van der Waals surface area contributed by atoms with E-state index in [2.05, 4.69) is 31.2 Å². The summed E-state index contributed by atoms with van der Waals surface area (Å²) in [6, 6.07) is 22.0. The Bertz CT molecular complexity index is 1480. The van der Waals surface area contributed by atoms with Gasteiger partial charge in [0, 0.05) is 21.5 Å². The van der Waals surface area contributed by atoms with Gasteiger partial charge in [-0.3, -0.25) is 4.79 Å². The second kappa shape index (κ2) is 7.81. The van der Waals surface area contributed by atoms with E-state index in [1.165, 1.54) is 4.68 Å². The van der Waals surface area contributed by atoms with Crippen molar-refractivity contribution in [3.63, 3.8) is 0 Å². The van der Waals surface area contributed by atoms with Crippen LogP contribution in [0.4, 0.5) is 0 Å². The molecular formula is C23H15BrN4O3. The summed E-state index contributed by atoms with van der Waals surface area (Å²) in [6.45, 7) is 0. The molecule has 0 radical (unpaired) electrons. The highest BCUT2D eigenvalue weighted by Gasteiger charge is 2.19. The van der Waals surface area contributed by atoms with Gasteiger partial charge in [-0.25, -0.2) is 0 Å². The predicted octanol–water partition coefficient (Wildman–Crippen LogP) is 4.87. The molecule has 0 amide bonds. The zero-order valence-electron chi connectivity index (χ0n) is 16.3. The quantitative estimate of drug-likeness (QED) is 0.369. The highest BCUT2D eigenvalue weighted by molar-refractivity contribution is 9.10. The first-order valence-electron chi connectivity index (χ1n) is 9.40. The van der Waals surface area contributed by atoms with Crippen LogP contribution in [0.1, 0.15) is 0 Å². The number of aromatic nitrogens is 4. The molecule has 0 saturated carbocycles. The van der Waals surface area contributed by atoms with Gasteiger partial charge >= 0.3 is 0 Å². The summed E-state index contributed by atoms with van der Waals surface area (Å²) < 4.78 is 13.1. The van der Waals surface area contributed by atoms with E-state index in [4.69, 9.17) is 9.26 Å². The summed E-state index contributed by atoms with van der Waals surface area (Å²) in [6.07, 6.45) is 0. The van der Waals surface area contributed by atoms with Gasteiger partial charge in [0.05, 0.1) is 18.2 Å². The molecule has 0 aliphatic carbocycles. The molecule has 0 N–H and O–H groups in total. The van der Waals surface area contributed by atoms with Crippen LogP contribution in [0, 0.1) is 0 Å². The molecule has 0 saturated heterocycles. The lowest BCUT2D eigenvalue weighted by Gasteiger charge is -2.10. The summed E-state index contributed by atoms with van der Waals surface area (Å²) in [7, 11) is 1.57. The fourth-order valence-corrected chi connectivity index (χ4v) is 3.73. The molecule has 0 aliphatic heterocycles. The van der Waals surface area contributed by atoms with Crippen LogP contribution in [0.5, 0.6) is 5.75 Å². The minimum absolute atomic E-state index is 0.225. The molecule has 0 atom stereocenters. The molecular weight excluding hydrogens is 460 g/mol. The van der Waals surface area contributed by atoms with Crippen LogP contribution in [-0.2, 0) is 0 Å². The average Bonchev–Trinajstić information content (AvgIpc) is 3.30. The summed E-state index contributed by atoms with van der Waals surface area (Å²) in [4.78, 5) is 17.7. The molecule has 0 unspecified atom stereocenters. The average molecular weight is 475 g/mol. The number of hydrogen-bond acceptors (Lipinski definition) is 6. The highest BCUT2D eigenvalue weighted by atomic mass is 79.9. The monoisotopic (exact) mass is 474 g/mol. The Morgan fingerprint density at radius 1 is 0.968 bits per heavy atom. The van der Waals surface area contributed by atoms with Crippen molar-refractivity contribution in [3.05, 3.63) is 87.6 Å². The second-order valence-corrected chi connectivity index (χ2v) is 7.66. The zero-order valence-corrected chi connectivity index (χ0v) is 17.9. The SMILES string of the molecule is COc1cccc(-n2nc(-c3nc(-c4cccc(Br)c4)no3)c3ccccc3c2=O)c1. The van der Waals surface area contributed by atoms with Gasteiger partial charge in [0.2, 0.25) is 5.82 Å². The fraction of sp³-hybridized carbons (Fsp3) is 0.0435. The summed E-state index contributed by atoms with van der Waals surface area (Å²) in [5.41, 5.74) is 1.55. The number of hydrogen-bond donors (Lipinski definition) is 0. The van der Waals surface area contributed by atoms with Gasteiger partial charge in [0.1, 0.15) is 5.75 Å². The molecule has 7 nitrogen and oxygen atoms in total. The Morgan fingerprint density at radius 2 is 1.77 bits per heavy atom. The van der Waals surface area contributed by atoms with E-state index >= 15 is 0 Å². The fourth-order valence-electron chi connectivity index (χ4n) is 3.33. The molecule has 3 aromatic carbocycles. The first-order chi connectivity index (χ1) is 15.1. The Kier molecular flexibility index (Phi) is 4.83. The molecule has 2 heterocycles. The minimum Gasteiger partial charge on any atom is -0.497 e. The topological polar surface area (TPSA) is 83.0 Å². The highest BCUT2D eigenvalue weighted by Crippen LogP contribution is 2.27. The first kappa shape index (κ1) is 19.2. The van der Waals surface area contributed by atoms with E-state index in [1.807, 2.05) is 42.5 Å². The van der Waals surface area contributed by atoms with Crippen molar-refractivity contribution in [3.8, 4) is 34.4 Å². The number of halogens is 1. The third-order valence-electron chi connectivity index (χ3n) is 4.81. The molecule has 152 valence electrons. The van der Waals surface area contributed by atoms with Crippen molar-refractivity contribution < 1.29 is 9.26 Å². The summed E-state index contributed by atoms with van der Waals surface area (Å²) in [5, 5.41) is 9.83. The molecule has 2 aromatic heterocycles. The van der Waals surface area contributed by atoms with Crippen molar-refractivity contribution in [1.29, 1.82) is 0 Å². The zero-order chi connectivity index (χ0) is 21.4. The van der Waals surface area contributed by atoms with Gasteiger partial charge in [0.25, 0.3) is 11.4 Å². The van der Waals surface area contributed by atoms with Crippen molar-refractivity contribution in [2.75, 3.05) is 7.11 Å². The molecule has 0 aliphatic rings. The number of nitrogens with zero attached hydrogens (tertiary/aromatic N) is 4. The standard InChI is InChI=1S/C23H15BrN4O3/c1-30-17-9-5-8-16(13-17)28-23(29)19-11-3-2-10-18(19)20(26-28)22-25-21(27-31-22)14-6-4-7-15(24)12-14/h2-13H,1H3. The number of fused-ring (bicyclic) bond motifs is 1. The third-order valence-corrected chi connectivity index (χ3v) is 5.31. The molecule has 5 rings (SSSR count). The first-order valence-corrected chi connectivity index (χ1v) is 10.2. The van der Waals surface area contributed by atoms with Gasteiger partial charge in [-0.1, -0.05) is 57.5 Å². The molecule has 5 aromatic rings. The van der Waals surface area contributed by atoms with Crippen molar-refractivity contribution in [1.82, 2.24) is 19.9 Å². The van der Waals surface area contributed by atoms with E-state index in [-0.39, 0.29) is 11.4 Å². The number of ether oxygens (including phenoxy) is 1. The van der Waals surface area contributed by atoms with Gasteiger partial charge < -0.3 is 9.26 Å². The molecule has 31 heavy (non-hydrogen) atoms. The number of benzene rings is 3. The normalized spacial score (nSPS) is 11.0. The number of rotatable bonds is 4. The Balaban J connectivity index is 1.72. The van der Waals surface area contributed by atoms with E-state index in [1.54, 1.807) is 37.4 Å². The second-order valence-electron chi connectivity index (χ2n) is 6.75.